The molecule has 2 rings (SSSR count). The van der Waals surface area contributed by atoms with Gasteiger partial charge in [-0.3, -0.25) is 0 Å². The van der Waals surface area contributed by atoms with Crippen LogP contribution < -0.4 is 5.32 Å². The molecule has 1 saturated heterocycles. The van der Waals surface area contributed by atoms with E-state index in [0.717, 1.165) is 38.2 Å². The maximum atomic E-state index is 5.28. The van der Waals surface area contributed by atoms with E-state index in [-0.39, 0.29) is 12.1 Å². The van der Waals surface area contributed by atoms with Gasteiger partial charge < -0.3 is 19.3 Å². The van der Waals surface area contributed by atoms with Crippen LogP contribution in [0.2, 0.25) is 0 Å². The molecule has 6 nitrogen and oxygen atoms in total. The van der Waals surface area contributed by atoms with E-state index in [1.54, 1.807) is 14.2 Å². The number of aromatic nitrogens is 2. The smallest absolute Gasteiger partial charge is 0.243 e. The average molecular weight is 241 g/mol. The third-order valence-corrected chi connectivity index (χ3v) is 2.95. The Hall–Kier alpha value is -0.980. The van der Waals surface area contributed by atoms with Crippen molar-refractivity contribution in [1.82, 2.24) is 15.5 Å². The third-order valence-electron chi connectivity index (χ3n) is 2.95. The second-order valence-corrected chi connectivity index (χ2v) is 4.20. The van der Waals surface area contributed by atoms with Gasteiger partial charge in [0.05, 0.1) is 12.1 Å². The quantitative estimate of drug-likeness (QED) is 0.739. The van der Waals surface area contributed by atoms with Crippen molar-refractivity contribution in [3.05, 3.63) is 11.7 Å². The molecule has 0 radical (unpaired) electrons. The number of methoxy groups -OCH3 is 2. The van der Waals surface area contributed by atoms with Gasteiger partial charge >= 0.3 is 0 Å². The molecule has 2 heterocycles. The van der Waals surface area contributed by atoms with E-state index in [4.69, 9.17) is 14.0 Å². The molecule has 1 fully saturated rings. The summed E-state index contributed by atoms with van der Waals surface area (Å²) in [6.07, 6.45) is 2.83. The first kappa shape index (κ1) is 12.5. The lowest BCUT2D eigenvalue weighted by Crippen LogP contribution is -2.16. The number of hydrogen-bond acceptors (Lipinski definition) is 6. The number of nitrogens with zero attached hydrogens (tertiary/aromatic N) is 2. The van der Waals surface area contributed by atoms with Crippen LogP contribution in [0.15, 0.2) is 4.52 Å². The summed E-state index contributed by atoms with van der Waals surface area (Å²) in [5, 5.41) is 7.27. The Labute approximate surface area is 101 Å². The van der Waals surface area contributed by atoms with Gasteiger partial charge in [-0.05, 0) is 12.8 Å². The van der Waals surface area contributed by atoms with Crippen LogP contribution in [-0.2, 0) is 15.9 Å². The van der Waals surface area contributed by atoms with Gasteiger partial charge in [0.1, 0.15) is 0 Å². The van der Waals surface area contributed by atoms with Crippen molar-refractivity contribution in [2.75, 3.05) is 27.4 Å². The summed E-state index contributed by atoms with van der Waals surface area (Å²) in [6, 6.07) is 0.128. The van der Waals surface area contributed by atoms with E-state index in [1.807, 2.05) is 0 Å². The monoisotopic (exact) mass is 241 g/mol. The molecule has 1 aromatic rings. The Kier molecular flexibility index (Phi) is 4.47. The third kappa shape index (κ3) is 3.24. The lowest BCUT2D eigenvalue weighted by Gasteiger charge is -2.04. The summed E-state index contributed by atoms with van der Waals surface area (Å²) in [5.41, 5.74) is 0. The summed E-state index contributed by atoms with van der Waals surface area (Å²) < 4.78 is 15.5. The molecule has 1 N–H and O–H groups in total. The Balaban J connectivity index is 1.85. The van der Waals surface area contributed by atoms with Gasteiger partial charge in [-0.2, -0.15) is 4.98 Å². The van der Waals surface area contributed by atoms with Gasteiger partial charge in [0, 0.05) is 33.8 Å². The van der Waals surface area contributed by atoms with Crippen molar-refractivity contribution < 1.29 is 14.0 Å². The molecule has 6 heteroatoms. The molecule has 1 aliphatic heterocycles. The highest BCUT2D eigenvalue weighted by molar-refractivity contribution is 4.97. The maximum Gasteiger partial charge on any atom is 0.243 e. The van der Waals surface area contributed by atoms with Crippen LogP contribution >= 0.6 is 0 Å². The highest BCUT2D eigenvalue weighted by Gasteiger charge is 2.29. The van der Waals surface area contributed by atoms with Crippen molar-refractivity contribution in [3.8, 4) is 0 Å². The van der Waals surface area contributed by atoms with E-state index >= 15 is 0 Å². The number of ether oxygens (including phenoxy) is 2. The van der Waals surface area contributed by atoms with Crippen LogP contribution in [-0.4, -0.2) is 43.6 Å². The van der Waals surface area contributed by atoms with Crippen LogP contribution in [0.1, 0.15) is 30.6 Å². The summed E-state index contributed by atoms with van der Waals surface area (Å²) in [4.78, 5) is 4.38. The predicted molar refractivity (Wildman–Crippen MR) is 60.7 cm³/mol. The number of hydrogen-bond donors (Lipinski definition) is 1. The van der Waals surface area contributed by atoms with Crippen LogP contribution in [0, 0.1) is 0 Å². The fourth-order valence-corrected chi connectivity index (χ4v) is 1.96. The summed E-state index contributed by atoms with van der Waals surface area (Å²) >= 11 is 0. The van der Waals surface area contributed by atoms with Crippen molar-refractivity contribution >= 4 is 0 Å². The largest absolute Gasteiger partial charge is 0.385 e. The van der Waals surface area contributed by atoms with E-state index in [9.17, 15) is 0 Å². The van der Waals surface area contributed by atoms with Crippen LogP contribution in [0.3, 0.4) is 0 Å². The molecule has 2 atom stereocenters. The first-order valence-electron chi connectivity index (χ1n) is 5.91. The molecule has 0 bridgehead atoms. The van der Waals surface area contributed by atoms with Crippen LogP contribution in [0.4, 0.5) is 0 Å². The Bertz CT molecular complexity index is 342. The molecule has 96 valence electrons. The van der Waals surface area contributed by atoms with Gasteiger partial charge in [0.15, 0.2) is 5.82 Å². The summed E-state index contributed by atoms with van der Waals surface area (Å²) in [7, 11) is 3.41. The van der Waals surface area contributed by atoms with E-state index in [0.29, 0.717) is 5.89 Å². The summed E-state index contributed by atoms with van der Waals surface area (Å²) in [6.45, 7) is 1.56. The molecule has 1 aromatic heterocycles. The highest BCUT2D eigenvalue weighted by atomic mass is 16.5. The fourth-order valence-electron chi connectivity index (χ4n) is 1.96. The van der Waals surface area contributed by atoms with Gasteiger partial charge in [-0.15, -0.1) is 0 Å². The zero-order valence-corrected chi connectivity index (χ0v) is 10.3. The molecule has 0 unspecified atom stereocenters. The number of nitrogens with one attached hydrogen (secondary N) is 1. The Morgan fingerprint density at radius 2 is 2.35 bits per heavy atom. The maximum absolute atomic E-state index is 5.28. The normalized spacial score (nSPS) is 24.4. The first-order chi connectivity index (χ1) is 8.33. The molecule has 0 amide bonds. The highest BCUT2D eigenvalue weighted by Crippen LogP contribution is 2.23. The first-order valence-corrected chi connectivity index (χ1v) is 5.91. The Morgan fingerprint density at radius 3 is 3.06 bits per heavy atom. The Morgan fingerprint density at radius 1 is 1.47 bits per heavy atom. The minimum Gasteiger partial charge on any atom is -0.385 e. The lowest BCUT2D eigenvalue weighted by atomic mass is 10.2. The molecule has 0 saturated carbocycles. The van der Waals surface area contributed by atoms with E-state index in [2.05, 4.69) is 15.5 Å². The second kappa shape index (κ2) is 6.09. The van der Waals surface area contributed by atoms with Crippen molar-refractivity contribution in [2.45, 2.75) is 31.4 Å². The van der Waals surface area contributed by atoms with Crippen molar-refractivity contribution in [1.29, 1.82) is 0 Å². The zero-order valence-electron chi connectivity index (χ0n) is 10.3. The standard InChI is InChI=1S/C11H19N3O3/c1-15-5-3-4-10-13-11(17-14-10)9-6-8(16-2)7-12-9/h8-9,12H,3-7H2,1-2H3/t8-,9+/m0/s1. The molecular formula is C11H19N3O3. The van der Waals surface area contributed by atoms with E-state index < -0.39 is 0 Å². The number of rotatable bonds is 6. The van der Waals surface area contributed by atoms with Gasteiger partial charge in [-0.1, -0.05) is 5.16 Å². The average Bonchev–Trinajstić information content (AvgIpc) is 2.97. The minimum atomic E-state index is 0.128. The fraction of sp³-hybridized carbons (Fsp3) is 0.818. The molecule has 0 aromatic carbocycles. The van der Waals surface area contributed by atoms with Gasteiger partial charge in [0.2, 0.25) is 5.89 Å². The van der Waals surface area contributed by atoms with Crippen molar-refractivity contribution in [2.24, 2.45) is 0 Å². The van der Waals surface area contributed by atoms with Gasteiger partial charge in [0.25, 0.3) is 0 Å². The lowest BCUT2D eigenvalue weighted by molar-refractivity contribution is 0.116. The second-order valence-electron chi connectivity index (χ2n) is 4.20. The molecular weight excluding hydrogens is 222 g/mol. The molecule has 17 heavy (non-hydrogen) atoms. The zero-order chi connectivity index (χ0) is 12.1. The van der Waals surface area contributed by atoms with Crippen LogP contribution in [0.25, 0.3) is 0 Å². The molecule has 0 spiro atoms. The van der Waals surface area contributed by atoms with Gasteiger partial charge in [-0.25, -0.2) is 0 Å². The minimum absolute atomic E-state index is 0.128. The van der Waals surface area contributed by atoms with Crippen molar-refractivity contribution in [3.63, 3.8) is 0 Å². The van der Waals surface area contributed by atoms with Crippen LogP contribution in [0.5, 0.6) is 0 Å². The SMILES string of the molecule is COCCCc1noc([C@H]2C[C@H](OC)CN2)n1. The number of aryl methyl sites for hydroxylation is 1. The summed E-state index contributed by atoms with van der Waals surface area (Å²) in [5.74, 6) is 1.41. The predicted octanol–water partition coefficient (Wildman–Crippen LogP) is 0.698. The molecule has 0 aliphatic carbocycles. The topological polar surface area (TPSA) is 69.4 Å². The molecule has 1 aliphatic rings. The van der Waals surface area contributed by atoms with E-state index in [1.165, 1.54) is 0 Å².